The normalized spacial score (nSPS) is 14.2. The summed E-state index contributed by atoms with van der Waals surface area (Å²) in [5, 5.41) is 14.3. The van der Waals surface area contributed by atoms with Crippen LogP contribution >= 0.6 is 11.6 Å². The molecule has 0 aromatic heterocycles. The van der Waals surface area contributed by atoms with Crippen molar-refractivity contribution in [2.24, 2.45) is 0 Å². The van der Waals surface area contributed by atoms with Gasteiger partial charge in [0.2, 0.25) is 0 Å². The van der Waals surface area contributed by atoms with E-state index in [0.717, 1.165) is 11.3 Å². The Kier molecular flexibility index (Phi) is 5.27. The molecule has 26 heavy (non-hydrogen) atoms. The fourth-order valence-corrected chi connectivity index (χ4v) is 3.06. The number of urea groups is 1. The lowest BCUT2D eigenvalue weighted by atomic mass is 10.2. The van der Waals surface area contributed by atoms with Crippen LogP contribution in [-0.2, 0) is 0 Å². The van der Waals surface area contributed by atoms with E-state index in [9.17, 15) is 14.9 Å². The first-order chi connectivity index (χ1) is 12.5. The van der Waals surface area contributed by atoms with Crippen LogP contribution in [0.15, 0.2) is 42.5 Å². The number of halogens is 1. The highest BCUT2D eigenvalue weighted by atomic mass is 35.5. The minimum absolute atomic E-state index is 0.0728. The molecule has 1 fully saturated rings. The van der Waals surface area contributed by atoms with Crippen LogP contribution in [0, 0.1) is 17.0 Å². The molecular formula is C18H19ClN4O3. The summed E-state index contributed by atoms with van der Waals surface area (Å²) >= 11 is 6.09. The van der Waals surface area contributed by atoms with E-state index >= 15 is 0 Å². The molecule has 2 aromatic rings. The molecule has 2 amide bonds. The van der Waals surface area contributed by atoms with Gasteiger partial charge in [-0.3, -0.25) is 10.1 Å². The van der Waals surface area contributed by atoms with Gasteiger partial charge in [0.25, 0.3) is 5.69 Å². The van der Waals surface area contributed by atoms with E-state index in [1.165, 1.54) is 12.1 Å². The second kappa shape index (κ2) is 7.61. The lowest BCUT2D eigenvalue weighted by Crippen LogP contribution is -2.50. The summed E-state index contributed by atoms with van der Waals surface area (Å²) in [5.74, 6) is 0. The van der Waals surface area contributed by atoms with Crippen LogP contribution in [0.2, 0.25) is 5.02 Å². The van der Waals surface area contributed by atoms with Crippen LogP contribution in [-0.4, -0.2) is 42.0 Å². The number of hydrogen-bond donors (Lipinski definition) is 1. The van der Waals surface area contributed by atoms with Crippen molar-refractivity contribution in [3.63, 3.8) is 0 Å². The third-order valence-electron chi connectivity index (χ3n) is 4.50. The summed E-state index contributed by atoms with van der Waals surface area (Å²) in [4.78, 5) is 26.7. The number of nitrogens with zero attached hydrogens (tertiary/aromatic N) is 3. The number of rotatable bonds is 3. The van der Waals surface area contributed by atoms with E-state index in [4.69, 9.17) is 11.6 Å². The van der Waals surface area contributed by atoms with Gasteiger partial charge in [0, 0.05) is 54.7 Å². The third kappa shape index (κ3) is 3.88. The van der Waals surface area contributed by atoms with Crippen molar-refractivity contribution < 1.29 is 9.72 Å². The topological polar surface area (TPSA) is 78.7 Å². The number of nitro groups is 1. The average molecular weight is 375 g/mol. The maximum absolute atomic E-state index is 12.5. The number of carbonyl (C=O) groups is 1. The quantitative estimate of drug-likeness (QED) is 0.652. The van der Waals surface area contributed by atoms with Crippen LogP contribution in [0.4, 0.5) is 21.9 Å². The highest BCUT2D eigenvalue weighted by Crippen LogP contribution is 2.24. The van der Waals surface area contributed by atoms with Gasteiger partial charge in [0.15, 0.2) is 0 Å². The van der Waals surface area contributed by atoms with Gasteiger partial charge >= 0.3 is 6.03 Å². The first-order valence-electron chi connectivity index (χ1n) is 8.26. The van der Waals surface area contributed by atoms with Crippen molar-refractivity contribution in [2.45, 2.75) is 6.92 Å². The molecule has 2 aromatic carbocycles. The number of amides is 2. The molecule has 0 spiro atoms. The molecule has 1 N–H and O–H groups in total. The summed E-state index contributed by atoms with van der Waals surface area (Å²) in [5.41, 5.74) is 2.54. The van der Waals surface area contributed by atoms with E-state index in [2.05, 4.69) is 10.2 Å². The third-order valence-corrected chi connectivity index (χ3v) is 4.91. The summed E-state index contributed by atoms with van der Waals surface area (Å²) in [6.45, 7) is 4.34. The summed E-state index contributed by atoms with van der Waals surface area (Å²) in [7, 11) is 0. The zero-order chi connectivity index (χ0) is 18.7. The van der Waals surface area contributed by atoms with E-state index in [-0.39, 0.29) is 11.7 Å². The number of hydrogen-bond acceptors (Lipinski definition) is 4. The van der Waals surface area contributed by atoms with Crippen LogP contribution < -0.4 is 10.2 Å². The van der Waals surface area contributed by atoms with Crippen molar-refractivity contribution >= 4 is 34.7 Å². The Morgan fingerprint density at radius 1 is 1.12 bits per heavy atom. The SMILES string of the molecule is Cc1c(Cl)cccc1NC(=O)N1CCN(c2ccc([N+](=O)[O-])cc2)CC1. The molecule has 8 heteroatoms. The van der Waals surface area contributed by atoms with Crippen molar-refractivity contribution in [2.75, 3.05) is 36.4 Å². The zero-order valence-electron chi connectivity index (χ0n) is 14.3. The Labute approximate surface area is 156 Å². The number of nitro benzene ring substituents is 1. The standard InChI is InChI=1S/C18H19ClN4O3/c1-13-16(19)3-2-4-17(13)20-18(24)22-11-9-21(10-12-22)14-5-7-15(8-6-14)23(25)26/h2-8H,9-12H2,1H3,(H,20,24). The number of benzene rings is 2. The Bertz CT molecular complexity index is 818. The van der Waals surface area contributed by atoms with E-state index in [1.54, 1.807) is 29.2 Å². The number of anilines is 2. The maximum Gasteiger partial charge on any atom is 0.321 e. The van der Waals surface area contributed by atoms with Gasteiger partial charge in [-0.1, -0.05) is 17.7 Å². The molecule has 0 aliphatic carbocycles. The molecule has 0 saturated carbocycles. The minimum atomic E-state index is -0.413. The predicted octanol–water partition coefficient (Wildman–Crippen LogP) is 3.91. The van der Waals surface area contributed by atoms with E-state index in [0.29, 0.717) is 36.9 Å². The Morgan fingerprint density at radius 3 is 2.38 bits per heavy atom. The van der Waals surface area contributed by atoms with Gasteiger partial charge < -0.3 is 15.1 Å². The first kappa shape index (κ1) is 18.0. The van der Waals surface area contributed by atoms with Crippen LogP contribution in [0.25, 0.3) is 0 Å². The van der Waals surface area contributed by atoms with Crippen molar-refractivity contribution in [1.82, 2.24) is 4.90 Å². The Morgan fingerprint density at radius 2 is 1.77 bits per heavy atom. The molecule has 1 heterocycles. The van der Waals surface area contributed by atoms with E-state index in [1.807, 2.05) is 13.0 Å². The minimum Gasteiger partial charge on any atom is -0.368 e. The molecule has 3 rings (SSSR count). The highest BCUT2D eigenvalue weighted by molar-refractivity contribution is 6.31. The second-order valence-corrected chi connectivity index (χ2v) is 6.50. The molecule has 0 bridgehead atoms. The second-order valence-electron chi connectivity index (χ2n) is 6.09. The molecule has 1 saturated heterocycles. The average Bonchev–Trinajstić information content (AvgIpc) is 2.65. The fraction of sp³-hybridized carbons (Fsp3) is 0.278. The fourth-order valence-electron chi connectivity index (χ4n) is 2.89. The molecule has 1 aliphatic rings. The Hall–Kier alpha value is -2.80. The molecular weight excluding hydrogens is 356 g/mol. The lowest BCUT2D eigenvalue weighted by molar-refractivity contribution is -0.384. The molecule has 0 unspecified atom stereocenters. The highest BCUT2D eigenvalue weighted by Gasteiger charge is 2.22. The summed E-state index contributed by atoms with van der Waals surface area (Å²) in [6.07, 6.45) is 0. The largest absolute Gasteiger partial charge is 0.368 e. The Balaban J connectivity index is 1.58. The van der Waals surface area contributed by atoms with Crippen molar-refractivity contribution in [1.29, 1.82) is 0 Å². The zero-order valence-corrected chi connectivity index (χ0v) is 15.1. The monoisotopic (exact) mass is 374 g/mol. The van der Waals surface area contributed by atoms with E-state index < -0.39 is 4.92 Å². The van der Waals surface area contributed by atoms with Crippen LogP contribution in [0.3, 0.4) is 0 Å². The van der Waals surface area contributed by atoms with Crippen molar-refractivity contribution in [3.8, 4) is 0 Å². The number of nitrogens with one attached hydrogen (secondary N) is 1. The van der Waals surface area contributed by atoms with Gasteiger partial charge in [0.1, 0.15) is 0 Å². The summed E-state index contributed by atoms with van der Waals surface area (Å²) in [6, 6.07) is 11.7. The smallest absolute Gasteiger partial charge is 0.321 e. The van der Waals surface area contributed by atoms with Gasteiger partial charge in [-0.2, -0.15) is 0 Å². The maximum atomic E-state index is 12.5. The molecule has 0 atom stereocenters. The number of non-ortho nitro benzene ring substituents is 1. The van der Waals surface area contributed by atoms with Gasteiger partial charge in [-0.15, -0.1) is 0 Å². The van der Waals surface area contributed by atoms with Gasteiger partial charge in [0.05, 0.1) is 4.92 Å². The molecule has 7 nitrogen and oxygen atoms in total. The molecule has 136 valence electrons. The predicted molar refractivity (Wildman–Crippen MR) is 102 cm³/mol. The number of piperazine rings is 1. The lowest BCUT2D eigenvalue weighted by Gasteiger charge is -2.36. The molecule has 0 radical (unpaired) electrons. The van der Waals surface area contributed by atoms with Crippen LogP contribution in [0.5, 0.6) is 0 Å². The van der Waals surface area contributed by atoms with Crippen LogP contribution in [0.1, 0.15) is 5.56 Å². The molecule has 1 aliphatic heterocycles. The summed E-state index contributed by atoms with van der Waals surface area (Å²) < 4.78 is 0. The van der Waals surface area contributed by atoms with Gasteiger partial charge in [-0.25, -0.2) is 4.79 Å². The van der Waals surface area contributed by atoms with Crippen molar-refractivity contribution in [3.05, 3.63) is 63.2 Å². The first-order valence-corrected chi connectivity index (χ1v) is 8.64. The van der Waals surface area contributed by atoms with Gasteiger partial charge in [-0.05, 0) is 36.8 Å². The number of carbonyl (C=O) groups excluding carboxylic acids is 1.